The Morgan fingerprint density at radius 1 is 1.17 bits per heavy atom. The summed E-state index contributed by atoms with van der Waals surface area (Å²) in [5, 5.41) is 8.41. The van der Waals surface area contributed by atoms with E-state index in [1.807, 2.05) is 10.9 Å². The molecule has 2 N–H and O–H groups in total. The van der Waals surface area contributed by atoms with Crippen molar-refractivity contribution in [2.75, 3.05) is 6.54 Å². The Morgan fingerprint density at radius 3 is 2.44 bits per heavy atom. The summed E-state index contributed by atoms with van der Waals surface area (Å²) in [5.74, 6) is 0. The fourth-order valence-electron chi connectivity index (χ4n) is 2.36. The number of aromatic nitrogens is 3. The van der Waals surface area contributed by atoms with E-state index in [-0.39, 0.29) is 0 Å². The summed E-state index contributed by atoms with van der Waals surface area (Å²) in [4.78, 5) is 0. The van der Waals surface area contributed by atoms with Crippen molar-refractivity contribution in [2.45, 2.75) is 33.7 Å². The highest BCUT2D eigenvalue weighted by molar-refractivity contribution is 5.67. The Morgan fingerprint density at radius 2 is 1.83 bits per heavy atom. The molecule has 0 radical (unpaired) electrons. The van der Waals surface area contributed by atoms with Gasteiger partial charge in [-0.05, 0) is 44.9 Å². The molecule has 0 bridgehead atoms. The van der Waals surface area contributed by atoms with Gasteiger partial charge in [0.1, 0.15) is 5.69 Å². The standard InChI is InChI=1S/C14H20N4/c1-10-7-11(2)14(12(3)8-10)13-9-18(17-16-13)6-4-5-15/h7-9H,4-6,15H2,1-3H3. The number of nitrogens with zero attached hydrogens (tertiary/aromatic N) is 3. The van der Waals surface area contributed by atoms with E-state index >= 15 is 0 Å². The average molecular weight is 244 g/mol. The predicted octanol–water partition coefficient (Wildman–Crippen LogP) is 2.22. The molecule has 1 heterocycles. The molecule has 0 spiro atoms. The smallest absolute Gasteiger partial charge is 0.113 e. The van der Waals surface area contributed by atoms with Crippen LogP contribution in [0.25, 0.3) is 11.3 Å². The van der Waals surface area contributed by atoms with Gasteiger partial charge in [-0.3, -0.25) is 4.68 Å². The molecule has 0 saturated carbocycles. The van der Waals surface area contributed by atoms with E-state index in [4.69, 9.17) is 5.73 Å². The molecule has 0 amide bonds. The lowest BCUT2D eigenvalue weighted by Gasteiger charge is -2.08. The number of benzene rings is 1. The third-order valence-corrected chi connectivity index (χ3v) is 3.06. The van der Waals surface area contributed by atoms with E-state index in [1.54, 1.807) is 0 Å². The van der Waals surface area contributed by atoms with Gasteiger partial charge in [0.25, 0.3) is 0 Å². The molecule has 1 aromatic carbocycles. The number of aryl methyl sites for hydroxylation is 4. The van der Waals surface area contributed by atoms with Crippen LogP contribution in [0.1, 0.15) is 23.1 Å². The van der Waals surface area contributed by atoms with Gasteiger partial charge in [0.15, 0.2) is 0 Å². The van der Waals surface area contributed by atoms with Gasteiger partial charge < -0.3 is 5.73 Å². The first-order chi connectivity index (χ1) is 8.61. The molecule has 1 aromatic heterocycles. The first-order valence-corrected chi connectivity index (χ1v) is 6.30. The Labute approximate surface area is 108 Å². The van der Waals surface area contributed by atoms with E-state index in [1.165, 1.54) is 22.3 Å². The molecular weight excluding hydrogens is 224 g/mol. The minimum absolute atomic E-state index is 0.678. The first kappa shape index (κ1) is 12.8. The molecule has 0 fully saturated rings. The van der Waals surface area contributed by atoms with Crippen molar-refractivity contribution in [1.29, 1.82) is 0 Å². The molecule has 0 unspecified atom stereocenters. The van der Waals surface area contributed by atoms with Crippen LogP contribution in [0.5, 0.6) is 0 Å². The second-order valence-corrected chi connectivity index (χ2v) is 4.78. The van der Waals surface area contributed by atoms with Gasteiger partial charge in [0, 0.05) is 12.1 Å². The van der Waals surface area contributed by atoms with Crippen molar-refractivity contribution >= 4 is 0 Å². The van der Waals surface area contributed by atoms with Crippen LogP contribution < -0.4 is 5.73 Å². The van der Waals surface area contributed by atoms with Crippen LogP contribution in [0.2, 0.25) is 0 Å². The van der Waals surface area contributed by atoms with Crippen LogP contribution >= 0.6 is 0 Å². The summed E-state index contributed by atoms with van der Waals surface area (Å²) in [7, 11) is 0. The van der Waals surface area contributed by atoms with Crippen molar-refractivity contribution in [2.24, 2.45) is 5.73 Å². The Bertz CT molecular complexity index is 519. The highest BCUT2D eigenvalue weighted by Gasteiger charge is 2.10. The maximum Gasteiger partial charge on any atom is 0.113 e. The van der Waals surface area contributed by atoms with Crippen LogP contribution in [-0.2, 0) is 6.54 Å². The molecule has 4 heteroatoms. The fraction of sp³-hybridized carbons (Fsp3) is 0.429. The molecule has 0 saturated heterocycles. The fourth-order valence-corrected chi connectivity index (χ4v) is 2.36. The van der Waals surface area contributed by atoms with Crippen molar-refractivity contribution in [1.82, 2.24) is 15.0 Å². The van der Waals surface area contributed by atoms with E-state index < -0.39 is 0 Å². The van der Waals surface area contributed by atoms with Gasteiger partial charge >= 0.3 is 0 Å². The maximum absolute atomic E-state index is 5.50. The summed E-state index contributed by atoms with van der Waals surface area (Å²) < 4.78 is 1.86. The zero-order valence-electron chi connectivity index (χ0n) is 11.3. The van der Waals surface area contributed by atoms with Crippen LogP contribution in [0.3, 0.4) is 0 Å². The molecule has 2 rings (SSSR count). The normalized spacial score (nSPS) is 10.9. The molecule has 4 nitrogen and oxygen atoms in total. The monoisotopic (exact) mass is 244 g/mol. The topological polar surface area (TPSA) is 56.7 Å². The Kier molecular flexibility index (Phi) is 3.77. The highest BCUT2D eigenvalue weighted by Crippen LogP contribution is 2.26. The van der Waals surface area contributed by atoms with Crippen LogP contribution in [0, 0.1) is 20.8 Å². The quantitative estimate of drug-likeness (QED) is 0.897. The average Bonchev–Trinajstić information content (AvgIpc) is 2.73. The van der Waals surface area contributed by atoms with Gasteiger partial charge in [0.05, 0.1) is 6.20 Å². The second-order valence-electron chi connectivity index (χ2n) is 4.78. The van der Waals surface area contributed by atoms with Gasteiger partial charge in [-0.1, -0.05) is 22.9 Å². The van der Waals surface area contributed by atoms with Crippen molar-refractivity contribution in [3.05, 3.63) is 35.0 Å². The lowest BCUT2D eigenvalue weighted by molar-refractivity contribution is 0.564. The molecule has 0 atom stereocenters. The zero-order valence-corrected chi connectivity index (χ0v) is 11.3. The van der Waals surface area contributed by atoms with E-state index in [9.17, 15) is 0 Å². The molecule has 2 aromatic rings. The lowest BCUT2D eigenvalue weighted by atomic mass is 9.98. The third kappa shape index (κ3) is 2.59. The van der Waals surface area contributed by atoms with Gasteiger partial charge in [0.2, 0.25) is 0 Å². The van der Waals surface area contributed by atoms with Crippen molar-refractivity contribution in [3.8, 4) is 11.3 Å². The molecule has 0 aliphatic heterocycles. The zero-order chi connectivity index (χ0) is 13.1. The number of rotatable bonds is 4. The number of nitrogens with two attached hydrogens (primary N) is 1. The predicted molar refractivity (Wildman–Crippen MR) is 73.3 cm³/mol. The summed E-state index contributed by atoms with van der Waals surface area (Å²) in [6.07, 6.45) is 2.93. The van der Waals surface area contributed by atoms with Crippen LogP contribution in [-0.4, -0.2) is 21.5 Å². The first-order valence-electron chi connectivity index (χ1n) is 6.30. The van der Waals surface area contributed by atoms with Gasteiger partial charge in [-0.25, -0.2) is 0 Å². The minimum atomic E-state index is 0.678. The summed E-state index contributed by atoms with van der Waals surface area (Å²) in [6, 6.07) is 4.36. The van der Waals surface area contributed by atoms with Crippen molar-refractivity contribution in [3.63, 3.8) is 0 Å². The molecule has 0 aliphatic rings. The van der Waals surface area contributed by atoms with E-state index in [2.05, 4.69) is 43.2 Å². The Hall–Kier alpha value is -1.68. The summed E-state index contributed by atoms with van der Waals surface area (Å²) >= 11 is 0. The van der Waals surface area contributed by atoms with Gasteiger partial charge in [-0.2, -0.15) is 0 Å². The van der Waals surface area contributed by atoms with Crippen molar-refractivity contribution < 1.29 is 0 Å². The lowest BCUT2D eigenvalue weighted by Crippen LogP contribution is -2.06. The Balaban J connectivity index is 2.34. The largest absolute Gasteiger partial charge is 0.330 e. The second kappa shape index (κ2) is 5.31. The molecule has 18 heavy (non-hydrogen) atoms. The highest BCUT2D eigenvalue weighted by atomic mass is 15.4. The van der Waals surface area contributed by atoms with Crippen LogP contribution in [0.4, 0.5) is 0 Å². The van der Waals surface area contributed by atoms with Gasteiger partial charge in [-0.15, -0.1) is 5.10 Å². The number of hydrogen-bond acceptors (Lipinski definition) is 3. The summed E-state index contributed by atoms with van der Waals surface area (Å²) in [6.45, 7) is 7.86. The summed E-state index contributed by atoms with van der Waals surface area (Å²) in [5.41, 5.74) is 11.4. The third-order valence-electron chi connectivity index (χ3n) is 3.06. The van der Waals surface area contributed by atoms with E-state index in [0.29, 0.717) is 6.54 Å². The maximum atomic E-state index is 5.50. The minimum Gasteiger partial charge on any atom is -0.330 e. The van der Waals surface area contributed by atoms with E-state index in [0.717, 1.165) is 18.7 Å². The SMILES string of the molecule is Cc1cc(C)c(-c2cn(CCCN)nn2)c(C)c1. The number of hydrogen-bond donors (Lipinski definition) is 1. The van der Waals surface area contributed by atoms with Crippen LogP contribution in [0.15, 0.2) is 18.3 Å². The molecule has 96 valence electrons. The molecule has 0 aliphatic carbocycles. The molecular formula is C14H20N4.